The van der Waals surface area contributed by atoms with Gasteiger partial charge in [-0.2, -0.15) is 0 Å². The number of morpholine rings is 1. The predicted molar refractivity (Wildman–Crippen MR) is 285 cm³/mol. The van der Waals surface area contributed by atoms with Crippen molar-refractivity contribution in [1.29, 1.82) is 0 Å². The Labute approximate surface area is 442 Å². The number of aliphatic hydroxyl groups is 2. The van der Waals surface area contributed by atoms with Gasteiger partial charge in [-0.05, 0) is 96.8 Å². The number of hydrogen-bond acceptors (Lipinski definition) is 12. The molecule has 388 valence electrons. The fourth-order valence-electron chi connectivity index (χ4n) is 12.4. The molecule has 5 heterocycles. The molecule has 0 bridgehead atoms. The molecule has 6 aromatic rings. The molecule has 5 aromatic carbocycles. The first-order valence-corrected chi connectivity index (χ1v) is 26.4. The Hall–Kier alpha value is -7.90. The van der Waals surface area contributed by atoms with Gasteiger partial charge in [0.25, 0.3) is 0 Å². The highest BCUT2D eigenvalue weighted by atomic mass is 16.6. The van der Waals surface area contributed by atoms with Crippen molar-refractivity contribution in [1.82, 2.24) is 25.1 Å². The zero-order chi connectivity index (χ0) is 52.4. The van der Waals surface area contributed by atoms with Crippen LogP contribution in [0.15, 0.2) is 152 Å². The first-order chi connectivity index (χ1) is 37.1. The molecule has 0 radical (unpaired) electrons. The molecule has 7 atom stereocenters. The molecular formula is C61H61N7O8. The number of amides is 4. The highest BCUT2D eigenvalue weighted by molar-refractivity contribution is 6.24. The Balaban J connectivity index is 1.16. The Bertz CT molecular complexity index is 3120. The van der Waals surface area contributed by atoms with Crippen molar-refractivity contribution >= 4 is 35.5 Å². The van der Waals surface area contributed by atoms with Gasteiger partial charge in [0.15, 0.2) is 0 Å². The summed E-state index contributed by atoms with van der Waals surface area (Å²) in [6.45, 7) is 2.84. The number of piperazine rings is 1. The van der Waals surface area contributed by atoms with Crippen LogP contribution in [0.25, 0.3) is 0 Å². The maximum absolute atomic E-state index is 17.0. The van der Waals surface area contributed by atoms with Crippen LogP contribution < -0.4 is 19.9 Å². The molecule has 11 rings (SSSR count). The number of urea groups is 1. The van der Waals surface area contributed by atoms with Crippen molar-refractivity contribution in [3.05, 3.63) is 185 Å². The fraction of sp³-hybridized carbons (Fsp3) is 0.344. The topological polar surface area (TPSA) is 178 Å². The number of cyclic esters (lactones) is 1. The van der Waals surface area contributed by atoms with Gasteiger partial charge in [0.05, 0.1) is 36.3 Å². The summed E-state index contributed by atoms with van der Waals surface area (Å²) in [5, 5.41) is 24.7. The minimum Gasteiger partial charge on any atom is -0.491 e. The lowest BCUT2D eigenvalue weighted by atomic mass is 9.64. The molecule has 4 aliphatic heterocycles. The maximum atomic E-state index is 17.0. The molecule has 5 aliphatic rings. The molecule has 3 saturated heterocycles. The summed E-state index contributed by atoms with van der Waals surface area (Å²) in [4.78, 5) is 80.4. The number of aliphatic hydroxyl groups excluding tert-OH is 1. The number of carbonyl (C=O) groups excluding carboxylic acids is 4. The van der Waals surface area contributed by atoms with Gasteiger partial charge < -0.3 is 34.8 Å². The average Bonchev–Trinajstić information content (AvgIpc) is 4.05. The smallest absolute Gasteiger partial charge is 0.329 e. The molecule has 1 spiro atoms. The lowest BCUT2D eigenvalue weighted by Crippen LogP contribution is -2.59. The molecule has 7 unspecified atom stereocenters. The lowest BCUT2D eigenvalue weighted by Gasteiger charge is -2.46. The molecule has 76 heavy (non-hydrogen) atoms. The number of nitrogens with zero attached hydrogens (tertiary/aromatic N) is 6. The van der Waals surface area contributed by atoms with Crippen molar-refractivity contribution in [3.63, 3.8) is 0 Å². The van der Waals surface area contributed by atoms with Crippen molar-refractivity contribution in [2.75, 3.05) is 49.2 Å². The second-order valence-corrected chi connectivity index (χ2v) is 20.4. The van der Waals surface area contributed by atoms with Gasteiger partial charge in [-0.25, -0.2) is 19.7 Å². The monoisotopic (exact) mass is 1020 g/mol. The number of ether oxygens (including phenoxy) is 2. The van der Waals surface area contributed by atoms with Crippen LogP contribution in [0, 0.1) is 17.8 Å². The third-order valence-electron chi connectivity index (χ3n) is 15.9. The van der Waals surface area contributed by atoms with E-state index >= 15 is 19.2 Å². The van der Waals surface area contributed by atoms with E-state index < -0.39 is 71.0 Å². The standard InChI is InChI=1S/C61H61N7O8/c1-41(43-16-7-4-8-17-43)64-59(73)67-49-27-22-42(28-31-60(74)29-13-2-3-14-30-60)40-48(49)61(57(67)72)50(55(70)65-34-36-66(37-35-65)58-62-32-15-33-63-58)52-56(71)76-53(45-20-11-6-12-21-45)51(44-18-9-5-10-19-44)68(52)54(61)46-23-25-47(26-24-46)75-39-38-69/h4-12,15-27,32-33,40-41,50-54,69,74H,2-3,13-14,29-30,34-39H2,1H3,(H,64,73). The van der Waals surface area contributed by atoms with Crippen LogP contribution in [0.2, 0.25) is 0 Å². The van der Waals surface area contributed by atoms with Crippen molar-refractivity contribution in [2.45, 2.75) is 86.7 Å². The first-order valence-electron chi connectivity index (χ1n) is 26.4. The highest BCUT2D eigenvalue weighted by Gasteiger charge is 2.76. The number of hydrogen-bond donors (Lipinski definition) is 3. The highest BCUT2D eigenvalue weighted by Crippen LogP contribution is 2.66. The van der Waals surface area contributed by atoms with Gasteiger partial charge in [0.2, 0.25) is 17.8 Å². The quantitative estimate of drug-likeness (QED) is 0.0691. The van der Waals surface area contributed by atoms with Crippen LogP contribution in [-0.4, -0.2) is 105 Å². The summed E-state index contributed by atoms with van der Waals surface area (Å²) in [7, 11) is 0. The number of carbonyl (C=O) groups is 4. The third kappa shape index (κ3) is 9.24. The number of imide groups is 1. The van der Waals surface area contributed by atoms with Crippen LogP contribution in [0.5, 0.6) is 5.75 Å². The number of rotatable bonds is 10. The number of fused-ring (bicyclic) bond motifs is 3. The van der Waals surface area contributed by atoms with Crippen LogP contribution in [0.1, 0.15) is 103 Å². The van der Waals surface area contributed by atoms with E-state index in [9.17, 15) is 10.2 Å². The number of esters is 1. The Morgan fingerprint density at radius 3 is 2.08 bits per heavy atom. The number of anilines is 2. The van der Waals surface area contributed by atoms with Crippen molar-refractivity contribution < 1.29 is 38.9 Å². The van der Waals surface area contributed by atoms with Crippen LogP contribution in [0.4, 0.5) is 16.4 Å². The molecule has 1 aliphatic carbocycles. The SMILES string of the molecule is CC(NC(=O)N1C(=O)C2(c3cc(C#CC4(O)CCCCCC4)ccc31)C(C(=O)N1CCN(c3ncccn3)CC1)C1C(=O)OC(c3ccccc3)C(c3ccccc3)N1C2c1ccc(OCCO)cc1)c1ccccc1. The zero-order valence-corrected chi connectivity index (χ0v) is 42.4. The minimum absolute atomic E-state index is 0.0398. The normalized spacial score (nSPS) is 24.4. The summed E-state index contributed by atoms with van der Waals surface area (Å²) in [6, 6.07) is 38.2. The summed E-state index contributed by atoms with van der Waals surface area (Å²) >= 11 is 0. The molecule has 15 nitrogen and oxygen atoms in total. The summed E-state index contributed by atoms with van der Waals surface area (Å²) < 4.78 is 12.6. The van der Waals surface area contributed by atoms with E-state index in [1.54, 1.807) is 53.7 Å². The lowest BCUT2D eigenvalue weighted by molar-refractivity contribution is -0.179. The van der Waals surface area contributed by atoms with Gasteiger partial charge in [-0.15, -0.1) is 0 Å². The van der Waals surface area contributed by atoms with E-state index in [1.165, 1.54) is 0 Å². The number of benzene rings is 5. The predicted octanol–water partition coefficient (Wildman–Crippen LogP) is 7.77. The van der Waals surface area contributed by atoms with E-state index in [0.717, 1.165) is 41.7 Å². The van der Waals surface area contributed by atoms with Crippen LogP contribution >= 0.6 is 0 Å². The summed E-state index contributed by atoms with van der Waals surface area (Å²) in [6.07, 6.45) is 7.14. The van der Waals surface area contributed by atoms with Gasteiger partial charge in [0, 0.05) is 44.1 Å². The Kier molecular flexibility index (Phi) is 14.1. The Morgan fingerprint density at radius 2 is 1.42 bits per heavy atom. The van der Waals surface area contributed by atoms with E-state index in [1.807, 2.05) is 120 Å². The zero-order valence-electron chi connectivity index (χ0n) is 42.4. The summed E-state index contributed by atoms with van der Waals surface area (Å²) in [5.41, 5.74) is 0.645. The molecule has 1 aromatic heterocycles. The maximum Gasteiger partial charge on any atom is 0.329 e. The molecule has 15 heteroatoms. The van der Waals surface area contributed by atoms with Gasteiger partial charge in [0.1, 0.15) is 35.5 Å². The molecule has 4 fully saturated rings. The molecule has 3 N–H and O–H groups in total. The summed E-state index contributed by atoms with van der Waals surface area (Å²) in [5.74, 6) is 4.15. The van der Waals surface area contributed by atoms with Gasteiger partial charge >= 0.3 is 12.0 Å². The average molecular weight is 1020 g/mol. The molecule has 4 amide bonds. The molecular weight excluding hydrogens is 959 g/mol. The second kappa shape index (κ2) is 21.4. The van der Waals surface area contributed by atoms with Gasteiger partial charge in [-0.1, -0.05) is 128 Å². The van der Waals surface area contributed by atoms with E-state index in [2.05, 4.69) is 27.1 Å². The number of aromatic nitrogens is 2. The third-order valence-corrected chi connectivity index (χ3v) is 15.9. The fourth-order valence-corrected chi connectivity index (χ4v) is 12.4. The van der Waals surface area contributed by atoms with Crippen LogP contribution in [-0.2, 0) is 24.5 Å². The largest absolute Gasteiger partial charge is 0.491 e. The van der Waals surface area contributed by atoms with E-state index in [4.69, 9.17) is 9.47 Å². The van der Waals surface area contributed by atoms with Gasteiger partial charge in [-0.3, -0.25) is 19.3 Å². The van der Waals surface area contributed by atoms with Crippen LogP contribution in [0.3, 0.4) is 0 Å². The van der Waals surface area contributed by atoms with E-state index in [0.29, 0.717) is 59.9 Å². The second-order valence-electron chi connectivity index (χ2n) is 20.4. The molecule has 1 saturated carbocycles. The van der Waals surface area contributed by atoms with E-state index in [-0.39, 0.29) is 32.0 Å². The van der Waals surface area contributed by atoms with Crippen molar-refractivity contribution in [2.24, 2.45) is 5.92 Å². The minimum atomic E-state index is -2.02. The number of nitrogens with one attached hydrogen (secondary N) is 1. The first kappa shape index (κ1) is 50.3. The Morgan fingerprint density at radius 1 is 0.776 bits per heavy atom. The van der Waals surface area contributed by atoms with Crippen molar-refractivity contribution in [3.8, 4) is 17.6 Å².